The summed E-state index contributed by atoms with van der Waals surface area (Å²) >= 11 is 0. The van der Waals surface area contributed by atoms with Crippen molar-refractivity contribution in [2.24, 2.45) is 0 Å². The Kier molecular flexibility index (Phi) is 7.81. The molecule has 47 heavy (non-hydrogen) atoms. The summed E-state index contributed by atoms with van der Waals surface area (Å²) in [5, 5.41) is 19.7. The van der Waals surface area contributed by atoms with Gasteiger partial charge in [-0.1, -0.05) is 6.92 Å². The third kappa shape index (κ3) is 5.49. The van der Waals surface area contributed by atoms with E-state index in [1.165, 1.54) is 10.6 Å². The Balaban J connectivity index is 1.33. The minimum absolute atomic E-state index is 0.0134. The lowest BCUT2D eigenvalue weighted by atomic mass is 9.81. The van der Waals surface area contributed by atoms with Crippen LogP contribution in [0.15, 0.2) is 16.9 Å². The molecule has 3 amide bonds. The lowest BCUT2D eigenvalue weighted by molar-refractivity contribution is -0.172. The number of aromatic nitrogens is 2. The van der Waals surface area contributed by atoms with Crippen LogP contribution in [0, 0.1) is 12.7 Å². The highest BCUT2D eigenvalue weighted by atomic mass is 19.1. The Morgan fingerprint density at radius 2 is 1.85 bits per heavy atom. The van der Waals surface area contributed by atoms with Crippen molar-refractivity contribution in [2.45, 2.75) is 84.3 Å². The summed E-state index contributed by atoms with van der Waals surface area (Å²) in [6, 6.07) is 2.35. The van der Waals surface area contributed by atoms with Crippen LogP contribution >= 0.6 is 0 Å². The van der Waals surface area contributed by atoms with Crippen molar-refractivity contribution in [1.29, 1.82) is 0 Å². The molecule has 4 N–H and O–H groups in total. The Morgan fingerprint density at radius 1 is 1.13 bits per heavy atom. The number of rotatable bonds is 6. The van der Waals surface area contributed by atoms with Gasteiger partial charge in [-0.2, -0.15) is 0 Å². The van der Waals surface area contributed by atoms with E-state index in [4.69, 9.17) is 14.5 Å². The molecule has 1 aliphatic carbocycles. The molecular weight excluding hydrogens is 613 g/mol. The highest BCUT2D eigenvalue weighted by molar-refractivity contribution is 5.94. The fourth-order valence-corrected chi connectivity index (χ4v) is 6.65. The van der Waals surface area contributed by atoms with Crippen molar-refractivity contribution in [2.75, 3.05) is 13.1 Å². The Labute approximate surface area is 268 Å². The number of nitrogens with zero attached hydrogens (tertiary/aromatic N) is 2. The summed E-state index contributed by atoms with van der Waals surface area (Å²) in [7, 11) is 0. The van der Waals surface area contributed by atoms with Gasteiger partial charge in [0.15, 0.2) is 5.60 Å². The van der Waals surface area contributed by atoms with Gasteiger partial charge in [0.1, 0.15) is 24.6 Å². The molecule has 14 heteroatoms. The molecule has 13 nitrogen and oxygen atoms in total. The molecule has 4 heterocycles. The van der Waals surface area contributed by atoms with Crippen LogP contribution in [-0.4, -0.2) is 57.2 Å². The standard InChI is InChI=1S/C33H36FN5O8/c1-6-33(45)19-9-23-28-17(13-39(23)29(42)18(19)14-46-30(33)43)27-21(8-7-16-15(2)20(34)10-22(38-28)26(16)27)37-25(41)12-35-24(40)11-36-31(44)47-32(3,4)5/h9-10,21,45H,6-8,11-14H2,1-5H3,(H,35,40)(H,36,44)(H,37,41)/t21-,33-/m0/s1. The van der Waals surface area contributed by atoms with Crippen LogP contribution in [0.1, 0.15) is 80.0 Å². The highest BCUT2D eigenvalue weighted by Crippen LogP contribution is 2.45. The highest BCUT2D eigenvalue weighted by Gasteiger charge is 2.46. The molecule has 248 valence electrons. The average Bonchev–Trinajstić information content (AvgIpc) is 3.38. The van der Waals surface area contributed by atoms with Gasteiger partial charge in [-0.3, -0.25) is 14.4 Å². The first-order valence-electron chi connectivity index (χ1n) is 15.5. The maximum absolute atomic E-state index is 15.1. The van der Waals surface area contributed by atoms with Crippen LogP contribution < -0.4 is 21.5 Å². The lowest BCUT2D eigenvalue weighted by Gasteiger charge is -2.31. The van der Waals surface area contributed by atoms with Crippen molar-refractivity contribution < 1.29 is 38.1 Å². The normalized spacial score (nSPS) is 19.3. The van der Waals surface area contributed by atoms with Gasteiger partial charge in [-0.15, -0.1) is 0 Å². The summed E-state index contributed by atoms with van der Waals surface area (Å²) in [6.45, 7) is 7.45. The number of ether oxygens (including phenoxy) is 2. The van der Waals surface area contributed by atoms with Crippen LogP contribution in [0.4, 0.5) is 9.18 Å². The predicted octanol–water partition coefficient (Wildman–Crippen LogP) is 2.27. The van der Waals surface area contributed by atoms with E-state index < -0.39 is 52.5 Å². The summed E-state index contributed by atoms with van der Waals surface area (Å²) in [4.78, 5) is 68.5. The number of benzene rings is 1. The van der Waals surface area contributed by atoms with E-state index in [1.807, 2.05) is 0 Å². The first-order chi connectivity index (χ1) is 22.1. The molecule has 3 aliphatic rings. The molecular formula is C33H36FN5O8. The van der Waals surface area contributed by atoms with Crippen LogP contribution in [0.3, 0.4) is 0 Å². The molecule has 2 aliphatic heterocycles. The number of halogens is 1. The molecule has 3 aromatic rings. The largest absolute Gasteiger partial charge is 0.458 e. The number of pyridine rings is 2. The quantitative estimate of drug-likeness (QED) is 0.228. The molecule has 0 radical (unpaired) electrons. The first-order valence-corrected chi connectivity index (χ1v) is 15.5. The predicted molar refractivity (Wildman–Crippen MR) is 166 cm³/mol. The van der Waals surface area contributed by atoms with Gasteiger partial charge in [0.05, 0.1) is 41.6 Å². The Morgan fingerprint density at radius 3 is 2.55 bits per heavy atom. The van der Waals surface area contributed by atoms with E-state index in [9.17, 15) is 29.1 Å². The monoisotopic (exact) mass is 649 g/mol. The number of cyclic esters (lactones) is 1. The number of carbonyl (C=O) groups excluding carboxylic acids is 4. The number of esters is 1. The van der Waals surface area contributed by atoms with Crippen LogP contribution in [0.25, 0.3) is 22.3 Å². The van der Waals surface area contributed by atoms with E-state index in [0.29, 0.717) is 51.8 Å². The zero-order chi connectivity index (χ0) is 34.0. The number of nitrogens with one attached hydrogen (secondary N) is 3. The molecule has 0 fully saturated rings. The number of hydrogen-bond donors (Lipinski definition) is 4. The number of amides is 3. The van der Waals surface area contributed by atoms with Crippen LogP contribution in [-0.2, 0) is 49.0 Å². The second-order valence-electron chi connectivity index (χ2n) is 13.1. The summed E-state index contributed by atoms with van der Waals surface area (Å²) in [5.74, 6) is -2.35. The number of aliphatic hydroxyl groups is 1. The van der Waals surface area contributed by atoms with Gasteiger partial charge in [0.2, 0.25) is 11.8 Å². The number of fused-ring (bicyclic) bond motifs is 5. The fraction of sp³-hybridized carbons (Fsp3) is 0.455. The second kappa shape index (κ2) is 11.4. The molecule has 6 rings (SSSR count). The SMILES string of the molecule is CC[C@@]1(O)C(=O)OCc2c1cc1n(c2=O)Cc2c-1nc1cc(F)c(C)c3c1c2[C@@H](NC(=O)CNC(=O)CNC(=O)OC(C)(C)C)CC3. The molecule has 0 saturated heterocycles. The Hall–Kier alpha value is -4.85. The summed E-state index contributed by atoms with van der Waals surface area (Å²) in [6.07, 6.45) is 0.0948. The van der Waals surface area contributed by atoms with E-state index in [2.05, 4.69) is 16.0 Å². The van der Waals surface area contributed by atoms with Crippen LogP contribution in [0.5, 0.6) is 0 Å². The molecule has 0 saturated carbocycles. The van der Waals surface area contributed by atoms with Gasteiger partial charge in [-0.25, -0.2) is 19.0 Å². The Bertz CT molecular complexity index is 1950. The molecule has 1 aromatic carbocycles. The van der Waals surface area contributed by atoms with Crippen molar-refractivity contribution >= 4 is 34.8 Å². The minimum Gasteiger partial charge on any atom is -0.458 e. The third-order valence-electron chi connectivity index (χ3n) is 8.95. The van der Waals surface area contributed by atoms with Gasteiger partial charge < -0.3 is 35.1 Å². The lowest BCUT2D eigenvalue weighted by Crippen LogP contribution is -2.44. The van der Waals surface area contributed by atoms with Crippen molar-refractivity contribution in [3.63, 3.8) is 0 Å². The number of hydrogen-bond acceptors (Lipinski definition) is 9. The van der Waals surface area contributed by atoms with Gasteiger partial charge in [0, 0.05) is 22.6 Å². The first kappa shape index (κ1) is 32.1. The topological polar surface area (TPSA) is 178 Å². The van der Waals surface area contributed by atoms with E-state index in [-0.39, 0.29) is 43.8 Å². The van der Waals surface area contributed by atoms with Crippen molar-refractivity contribution in [1.82, 2.24) is 25.5 Å². The maximum atomic E-state index is 15.1. The summed E-state index contributed by atoms with van der Waals surface area (Å²) < 4.78 is 26.9. The summed E-state index contributed by atoms with van der Waals surface area (Å²) in [5.41, 5.74) is 0.857. The van der Waals surface area contributed by atoms with E-state index >= 15 is 4.39 Å². The average molecular weight is 650 g/mol. The molecule has 0 spiro atoms. The second-order valence-corrected chi connectivity index (χ2v) is 13.1. The minimum atomic E-state index is -2.00. The van der Waals surface area contributed by atoms with Crippen molar-refractivity contribution in [3.05, 3.63) is 61.7 Å². The molecule has 2 atom stereocenters. The molecule has 0 bridgehead atoms. The number of aryl methyl sites for hydroxylation is 1. The number of alkyl carbamates (subject to hydrolysis) is 1. The van der Waals surface area contributed by atoms with Gasteiger partial charge in [-0.05, 0) is 69.7 Å². The fourth-order valence-electron chi connectivity index (χ4n) is 6.65. The van der Waals surface area contributed by atoms with Gasteiger partial charge in [0.25, 0.3) is 5.56 Å². The third-order valence-corrected chi connectivity index (χ3v) is 8.95. The van der Waals surface area contributed by atoms with E-state index in [1.54, 1.807) is 40.7 Å². The molecule has 2 aromatic heterocycles. The number of carbonyl (C=O) groups is 4. The zero-order valence-electron chi connectivity index (χ0n) is 26.8. The smallest absolute Gasteiger partial charge is 0.408 e. The molecule has 0 unspecified atom stereocenters. The van der Waals surface area contributed by atoms with Crippen molar-refractivity contribution in [3.8, 4) is 11.4 Å². The zero-order valence-corrected chi connectivity index (χ0v) is 26.8. The van der Waals surface area contributed by atoms with Gasteiger partial charge >= 0.3 is 12.1 Å². The van der Waals surface area contributed by atoms with E-state index in [0.717, 1.165) is 5.56 Å². The van der Waals surface area contributed by atoms with Crippen LogP contribution in [0.2, 0.25) is 0 Å². The maximum Gasteiger partial charge on any atom is 0.408 e.